The van der Waals surface area contributed by atoms with E-state index in [-0.39, 0.29) is 18.1 Å². The maximum absolute atomic E-state index is 12.0. The molecule has 1 fully saturated rings. The summed E-state index contributed by atoms with van der Waals surface area (Å²) in [5, 5.41) is 12.0. The third kappa shape index (κ3) is 4.32. The molecule has 2 rings (SSSR count). The average Bonchev–Trinajstić information content (AvgIpc) is 2.45. The van der Waals surface area contributed by atoms with Gasteiger partial charge in [-0.3, -0.25) is 4.79 Å². The Hall–Kier alpha value is -1.39. The summed E-state index contributed by atoms with van der Waals surface area (Å²) in [6, 6.07) is 7.60. The third-order valence-corrected chi connectivity index (χ3v) is 4.03. The fourth-order valence-corrected chi connectivity index (χ4v) is 2.85. The molecule has 0 heterocycles. The molecular weight excluding hydrogens is 252 g/mol. The van der Waals surface area contributed by atoms with Crippen LogP contribution in [0.5, 0.6) is 0 Å². The molecule has 0 spiro atoms. The zero-order valence-electron chi connectivity index (χ0n) is 11.9. The van der Waals surface area contributed by atoms with Crippen molar-refractivity contribution < 1.29 is 9.90 Å². The Morgan fingerprint density at radius 1 is 1.25 bits per heavy atom. The molecule has 1 amide bonds. The van der Waals surface area contributed by atoms with Crippen LogP contribution < -0.4 is 11.1 Å². The van der Waals surface area contributed by atoms with Gasteiger partial charge in [0.25, 0.3) is 0 Å². The van der Waals surface area contributed by atoms with Crippen LogP contribution in [0.25, 0.3) is 0 Å². The molecule has 0 aliphatic heterocycles. The van der Waals surface area contributed by atoms with Crippen molar-refractivity contribution in [1.82, 2.24) is 5.32 Å². The smallest absolute Gasteiger partial charge is 0.222 e. The van der Waals surface area contributed by atoms with Gasteiger partial charge in [-0.25, -0.2) is 0 Å². The predicted molar refractivity (Wildman–Crippen MR) is 78.8 cm³/mol. The minimum Gasteiger partial charge on any atom is -0.392 e. The molecule has 1 aliphatic rings. The first kappa shape index (κ1) is 15.0. The van der Waals surface area contributed by atoms with Crippen molar-refractivity contribution in [3.05, 3.63) is 35.4 Å². The number of hydrogen-bond acceptors (Lipinski definition) is 3. The highest BCUT2D eigenvalue weighted by atomic mass is 16.3. The van der Waals surface area contributed by atoms with Crippen molar-refractivity contribution in [3.63, 3.8) is 0 Å². The highest BCUT2D eigenvalue weighted by Crippen LogP contribution is 2.28. The lowest BCUT2D eigenvalue weighted by molar-refractivity contribution is -0.122. The molecule has 0 radical (unpaired) electrons. The third-order valence-electron chi connectivity index (χ3n) is 4.03. The predicted octanol–water partition coefficient (Wildman–Crippen LogP) is 1.85. The number of nitrogens with two attached hydrogens (primary N) is 1. The molecule has 1 aromatic rings. The zero-order chi connectivity index (χ0) is 14.4. The summed E-state index contributed by atoms with van der Waals surface area (Å²) < 4.78 is 0. The van der Waals surface area contributed by atoms with Gasteiger partial charge in [-0.2, -0.15) is 0 Å². The van der Waals surface area contributed by atoms with Gasteiger partial charge in [-0.15, -0.1) is 0 Å². The van der Waals surface area contributed by atoms with Gasteiger partial charge in [-0.05, 0) is 24.0 Å². The number of nitrogens with one attached hydrogen (secondary N) is 1. The molecule has 1 aliphatic carbocycles. The molecule has 0 bridgehead atoms. The van der Waals surface area contributed by atoms with Crippen molar-refractivity contribution in [2.75, 3.05) is 0 Å². The van der Waals surface area contributed by atoms with E-state index in [0.717, 1.165) is 36.8 Å². The summed E-state index contributed by atoms with van der Waals surface area (Å²) in [6.07, 6.45) is 5.78. The first-order valence-corrected chi connectivity index (χ1v) is 7.36. The van der Waals surface area contributed by atoms with Crippen molar-refractivity contribution >= 4 is 5.91 Å². The Balaban J connectivity index is 1.82. The largest absolute Gasteiger partial charge is 0.392 e. The van der Waals surface area contributed by atoms with Gasteiger partial charge in [0.15, 0.2) is 0 Å². The topological polar surface area (TPSA) is 75.4 Å². The van der Waals surface area contributed by atoms with Crippen molar-refractivity contribution in [2.24, 2.45) is 5.73 Å². The Morgan fingerprint density at radius 3 is 2.65 bits per heavy atom. The van der Waals surface area contributed by atoms with E-state index >= 15 is 0 Å². The van der Waals surface area contributed by atoms with E-state index in [9.17, 15) is 4.79 Å². The second kappa shape index (κ2) is 6.86. The van der Waals surface area contributed by atoms with Crippen LogP contribution in [0.1, 0.15) is 49.7 Å². The first-order chi connectivity index (χ1) is 9.61. The van der Waals surface area contributed by atoms with Crippen LogP contribution in [0, 0.1) is 0 Å². The summed E-state index contributed by atoms with van der Waals surface area (Å²) in [5.74, 6) is 0.0174. The minimum atomic E-state index is -0.310. The zero-order valence-corrected chi connectivity index (χ0v) is 11.9. The molecule has 1 aromatic carbocycles. The summed E-state index contributed by atoms with van der Waals surface area (Å²) in [7, 11) is 0. The molecule has 1 saturated carbocycles. The van der Waals surface area contributed by atoms with Gasteiger partial charge >= 0.3 is 0 Å². The molecule has 0 aromatic heterocycles. The summed E-state index contributed by atoms with van der Waals surface area (Å²) in [4.78, 5) is 12.0. The van der Waals surface area contributed by atoms with Gasteiger partial charge in [-0.1, -0.05) is 43.5 Å². The molecule has 0 saturated heterocycles. The van der Waals surface area contributed by atoms with Crippen LogP contribution in [0.15, 0.2) is 24.3 Å². The lowest BCUT2D eigenvalue weighted by atomic mass is 9.80. The lowest BCUT2D eigenvalue weighted by Gasteiger charge is -2.32. The fraction of sp³-hybridized carbons (Fsp3) is 0.562. The molecule has 110 valence electrons. The molecule has 4 N–H and O–H groups in total. The maximum atomic E-state index is 12.0. The number of amides is 1. The van der Waals surface area contributed by atoms with Gasteiger partial charge in [0.1, 0.15) is 0 Å². The van der Waals surface area contributed by atoms with Crippen molar-refractivity contribution in [3.8, 4) is 0 Å². The molecular formula is C16H24N2O2. The van der Waals surface area contributed by atoms with Gasteiger partial charge in [0, 0.05) is 18.5 Å². The number of carbonyl (C=O) groups excluding carboxylic acids is 1. The van der Waals surface area contributed by atoms with Crippen molar-refractivity contribution in [2.45, 2.75) is 57.2 Å². The number of aliphatic hydroxyl groups excluding tert-OH is 1. The van der Waals surface area contributed by atoms with Crippen LogP contribution in [0.3, 0.4) is 0 Å². The SMILES string of the molecule is NC1(CC(=O)NCc2cccc(CO)c2)CCCCC1. The van der Waals surface area contributed by atoms with E-state index in [1.165, 1.54) is 6.42 Å². The highest BCUT2D eigenvalue weighted by Gasteiger charge is 2.29. The molecule has 4 nitrogen and oxygen atoms in total. The van der Waals surface area contributed by atoms with Gasteiger partial charge < -0.3 is 16.2 Å². The molecule has 0 unspecified atom stereocenters. The van der Waals surface area contributed by atoms with E-state index in [1.54, 1.807) is 0 Å². The Labute approximate surface area is 120 Å². The van der Waals surface area contributed by atoms with E-state index < -0.39 is 0 Å². The number of benzene rings is 1. The number of rotatable bonds is 5. The fourth-order valence-electron chi connectivity index (χ4n) is 2.85. The van der Waals surface area contributed by atoms with Crippen LogP contribution in [0.4, 0.5) is 0 Å². The van der Waals surface area contributed by atoms with E-state index in [1.807, 2.05) is 24.3 Å². The van der Waals surface area contributed by atoms with Crippen LogP contribution in [0.2, 0.25) is 0 Å². The summed E-state index contributed by atoms with van der Waals surface area (Å²) >= 11 is 0. The highest BCUT2D eigenvalue weighted by molar-refractivity contribution is 5.77. The number of carbonyl (C=O) groups is 1. The Kier molecular flexibility index (Phi) is 5.15. The first-order valence-electron chi connectivity index (χ1n) is 7.36. The molecule has 4 heteroatoms. The van der Waals surface area contributed by atoms with Crippen molar-refractivity contribution in [1.29, 1.82) is 0 Å². The summed E-state index contributed by atoms with van der Waals surface area (Å²) in [6.45, 7) is 0.510. The number of aliphatic hydroxyl groups is 1. The Bertz CT molecular complexity index is 454. The standard InChI is InChI=1S/C16H24N2O2/c17-16(7-2-1-3-8-16)10-15(20)18-11-13-5-4-6-14(9-13)12-19/h4-6,9,19H,1-3,7-8,10-12,17H2,(H,18,20). The Morgan fingerprint density at radius 2 is 1.95 bits per heavy atom. The van der Waals surface area contributed by atoms with E-state index in [4.69, 9.17) is 10.8 Å². The second-order valence-corrected chi connectivity index (χ2v) is 5.85. The minimum absolute atomic E-state index is 0.0174. The summed E-state index contributed by atoms with van der Waals surface area (Å²) in [5.41, 5.74) is 7.83. The van der Waals surface area contributed by atoms with E-state index in [2.05, 4.69) is 5.32 Å². The molecule has 0 atom stereocenters. The van der Waals surface area contributed by atoms with Gasteiger partial charge in [0.05, 0.1) is 6.61 Å². The van der Waals surface area contributed by atoms with Gasteiger partial charge in [0.2, 0.25) is 5.91 Å². The normalized spacial score (nSPS) is 17.7. The maximum Gasteiger partial charge on any atom is 0.222 e. The van der Waals surface area contributed by atoms with Crippen LogP contribution in [-0.4, -0.2) is 16.6 Å². The number of hydrogen-bond donors (Lipinski definition) is 3. The van der Waals surface area contributed by atoms with Crippen LogP contribution in [-0.2, 0) is 17.9 Å². The molecule has 20 heavy (non-hydrogen) atoms. The second-order valence-electron chi connectivity index (χ2n) is 5.85. The quantitative estimate of drug-likeness (QED) is 0.768. The average molecular weight is 276 g/mol. The monoisotopic (exact) mass is 276 g/mol. The van der Waals surface area contributed by atoms with Crippen LogP contribution >= 0.6 is 0 Å². The lowest BCUT2D eigenvalue weighted by Crippen LogP contribution is -2.45. The van der Waals surface area contributed by atoms with E-state index in [0.29, 0.717) is 13.0 Å².